The molecule has 1 rings (SSSR count). The summed E-state index contributed by atoms with van der Waals surface area (Å²) in [5.74, 6) is 0. The van der Waals surface area contributed by atoms with Gasteiger partial charge in [-0.3, -0.25) is 4.90 Å². The molecule has 0 aliphatic carbocycles. The molecule has 1 heterocycles. The fourth-order valence-corrected chi connectivity index (χ4v) is 1.62. The minimum atomic E-state index is 0.782. The van der Waals surface area contributed by atoms with Crippen LogP contribution >= 0.6 is 22.9 Å². The van der Waals surface area contributed by atoms with Gasteiger partial charge in [-0.1, -0.05) is 0 Å². The van der Waals surface area contributed by atoms with Gasteiger partial charge in [0.2, 0.25) is 0 Å². The highest BCUT2D eigenvalue weighted by Gasteiger charge is 2.15. The zero-order valence-corrected chi connectivity index (χ0v) is 7.54. The van der Waals surface area contributed by atoms with Gasteiger partial charge < -0.3 is 5.73 Å². The van der Waals surface area contributed by atoms with E-state index in [9.17, 15) is 0 Å². The third-order valence-corrected chi connectivity index (χ3v) is 2.25. The fraction of sp³-hybridized carbons (Fsp3) is 1.00. The molecule has 0 aromatic carbocycles. The van der Waals surface area contributed by atoms with Crippen molar-refractivity contribution >= 4 is 22.9 Å². The van der Waals surface area contributed by atoms with Gasteiger partial charge in [-0.05, 0) is 0 Å². The van der Waals surface area contributed by atoms with Crippen LogP contribution in [0.4, 0.5) is 0 Å². The van der Waals surface area contributed by atoms with Crippen molar-refractivity contribution in [3.8, 4) is 0 Å². The standard InChI is InChI=1S/C5H12IN3/c6-9-4-3-8(5-9)2-1-7/h1-5,7H2. The highest BCUT2D eigenvalue weighted by molar-refractivity contribution is 14.1. The van der Waals surface area contributed by atoms with E-state index in [1.165, 1.54) is 13.1 Å². The Morgan fingerprint density at radius 3 is 2.67 bits per heavy atom. The molecule has 1 aliphatic rings. The molecule has 0 atom stereocenters. The lowest BCUT2D eigenvalue weighted by Gasteiger charge is -2.11. The van der Waals surface area contributed by atoms with Crippen LogP contribution in [0.1, 0.15) is 0 Å². The van der Waals surface area contributed by atoms with E-state index < -0.39 is 0 Å². The van der Waals surface area contributed by atoms with Gasteiger partial charge in [0.1, 0.15) is 0 Å². The molecule has 1 fully saturated rings. The van der Waals surface area contributed by atoms with Gasteiger partial charge in [0.05, 0.1) is 6.67 Å². The first-order chi connectivity index (χ1) is 4.33. The Kier molecular flexibility index (Phi) is 3.17. The topological polar surface area (TPSA) is 32.5 Å². The van der Waals surface area contributed by atoms with Crippen LogP contribution in [-0.4, -0.2) is 40.9 Å². The molecule has 1 saturated heterocycles. The van der Waals surface area contributed by atoms with Crippen molar-refractivity contribution in [2.75, 3.05) is 32.8 Å². The van der Waals surface area contributed by atoms with Gasteiger partial charge in [0, 0.05) is 49.0 Å². The van der Waals surface area contributed by atoms with Crippen molar-refractivity contribution in [3.05, 3.63) is 0 Å². The van der Waals surface area contributed by atoms with Crippen LogP contribution in [0.2, 0.25) is 0 Å². The highest BCUT2D eigenvalue weighted by Crippen LogP contribution is 2.07. The molecule has 0 spiro atoms. The van der Waals surface area contributed by atoms with E-state index in [-0.39, 0.29) is 0 Å². The van der Waals surface area contributed by atoms with Crippen LogP contribution in [0.3, 0.4) is 0 Å². The zero-order chi connectivity index (χ0) is 6.69. The Morgan fingerprint density at radius 2 is 2.22 bits per heavy atom. The van der Waals surface area contributed by atoms with Crippen molar-refractivity contribution in [3.63, 3.8) is 0 Å². The average Bonchev–Trinajstić information content (AvgIpc) is 2.17. The van der Waals surface area contributed by atoms with E-state index in [4.69, 9.17) is 5.73 Å². The second kappa shape index (κ2) is 3.70. The summed E-state index contributed by atoms with van der Waals surface area (Å²) >= 11 is 2.34. The van der Waals surface area contributed by atoms with Crippen LogP contribution in [0.25, 0.3) is 0 Å². The lowest BCUT2D eigenvalue weighted by Crippen LogP contribution is -2.27. The van der Waals surface area contributed by atoms with Gasteiger partial charge in [-0.2, -0.15) is 0 Å². The van der Waals surface area contributed by atoms with Gasteiger partial charge in [-0.25, -0.2) is 3.11 Å². The molecule has 2 N–H and O–H groups in total. The summed E-state index contributed by atoms with van der Waals surface area (Å²) in [5, 5.41) is 0. The third kappa shape index (κ3) is 2.37. The van der Waals surface area contributed by atoms with Crippen LogP contribution in [0, 0.1) is 0 Å². The maximum atomic E-state index is 5.39. The second-order valence-corrected chi connectivity index (χ2v) is 3.60. The van der Waals surface area contributed by atoms with Crippen molar-refractivity contribution in [2.24, 2.45) is 5.73 Å². The quantitative estimate of drug-likeness (QED) is 0.540. The van der Waals surface area contributed by atoms with Crippen molar-refractivity contribution < 1.29 is 0 Å². The Morgan fingerprint density at radius 1 is 1.44 bits per heavy atom. The zero-order valence-electron chi connectivity index (χ0n) is 5.39. The van der Waals surface area contributed by atoms with E-state index >= 15 is 0 Å². The van der Waals surface area contributed by atoms with Crippen LogP contribution < -0.4 is 5.73 Å². The van der Waals surface area contributed by atoms with E-state index in [1.807, 2.05) is 0 Å². The largest absolute Gasteiger partial charge is 0.329 e. The van der Waals surface area contributed by atoms with E-state index in [1.54, 1.807) is 0 Å². The number of nitrogens with zero attached hydrogens (tertiary/aromatic N) is 2. The summed E-state index contributed by atoms with van der Waals surface area (Å²) in [6, 6.07) is 0. The summed E-state index contributed by atoms with van der Waals surface area (Å²) in [5.41, 5.74) is 5.39. The molecule has 54 valence electrons. The van der Waals surface area contributed by atoms with Gasteiger partial charge in [0.15, 0.2) is 0 Å². The van der Waals surface area contributed by atoms with E-state index in [2.05, 4.69) is 30.9 Å². The number of hydrogen-bond acceptors (Lipinski definition) is 3. The Balaban J connectivity index is 2.14. The molecular formula is C5H12IN3. The molecule has 3 nitrogen and oxygen atoms in total. The van der Waals surface area contributed by atoms with E-state index in [0.29, 0.717) is 0 Å². The van der Waals surface area contributed by atoms with Gasteiger partial charge in [-0.15, -0.1) is 0 Å². The first kappa shape index (κ1) is 7.71. The first-order valence-corrected chi connectivity index (χ1v) is 4.12. The highest BCUT2D eigenvalue weighted by atomic mass is 127. The molecule has 0 radical (unpaired) electrons. The van der Waals surface area contributed by atoms with Crippen LogP contribution in [0.15, 0.2) is 0 Å². The molecule has 0 unspecified atom stereocenters. The molecule has 0 saturated carbocycles. The second-order valence-electron chi connectivity index (χ2n) is 2.23. The molecule has 4 heteroatoms. The Hall–Kier alpha value is 0.610. The average molecular weight is 241 g/mol. The normalized spacial score (nSPS) is 23.3. The number of hydrogen-bond donors (Lipinski definition) is 1. The predicted molar refractivity (Wildman–Crippen MR) is 46.2 cm³/mol. The maximum absolute atomic E-state index is 5.39. The van der Waals surface area contributed by atoms with Crippen LogP contribution in [0.5, 0.6) is 0 Å². The fourth-order valence-electron chi connectivity index (χ4n) is 0.973. The lowest BCUT2D eigenvalue weighted by atomic mass is 10.5. The molecule has 9 heavy (non-hydrogen) atoms. The number of nitrogens with two attached hydrogens (primary N) is 1. The summed E-state index contributed by atoms with van der Waals surface area (Å²) < 4.78 is 2.27. The van der Waals surface area contributed by atoms with Gasteiger partial charge in [0.25, 0.3) is 0 Å². The lowest BCUT2D eigenvalue weighted by molar-refractivity contribution is 0.326. The summed E-state index contributed by atoms with van der Waals surface area (Å²) in [4.78, 5) is 2.35. The Bertz CT molecular complexity index is 86.3. The SMILES string of the molecule is NCCN1CCN(I)C1. The molecule has 0 amide bonds. The van der Waals surface area contributed by atoms with Crippen molar-refractivity contribution in [2.45, 2.75) is 0 Å². The molecule has 0 bridgehead atoms. The summed E-state index contributed by atoms with van der Waals surface area (Å²) in [6.07, 6.45) is 0. The number of halogens is 1. The van der Waals surface area contributed by atoms with E-state index in [0.717, 1.165) is 19.8 Å². The van der Waals surface area contributed by atoms with Crippen molar-refractivity contribution in [1.29, 1.82) is 0 Å². The number of rotatable bonds is 2. The monoisotopic (exact) mass is 241 g/mol. The van der Waals surface area contributed by atoms with Crippen molar-refractivity contribution in [1.82, 2.24) is 8.01 Å². The first-order valence-electron chi connectivity index (χ1n) is 3.16. The minimum Gasteiger partial charge on any atom is -0.329 e. The molecular weight excluding hydrogens is 229 g/mol. The summed E-state index contributed by atoms with van der Waals surface area (Å²) in [7, 11) is 0. The molecule has 1 aliphatic heterocycles. The maximum Gasteiger partial charge on any atom is 0.0600 e. The predicted octanol–water partition coefficient (Wildman–Crippen LogP) is -0.130. The molecule has 0 aromatic heterocycles. The van der Waals surface area contributed by atoms with Gasteiger partial charge >= 0.3 is 0 Å². The summed E-state index contributed by atoms with van der Waals surface area (Å²) in [6.45, 7) is 5.27. The minimum absolute atomic E-state index is 0.782. The Labute approximate surface area is 69.7 Å². The third-order valence-electron chi connectivity index (χ3n) is 1.46. The molecule has 0 aromatic rings. The smallest absolute Gasteiger partial charge is 0.0600 e. The van der Waals surface area contributed by atoms with Crippen LogP contribution in [-0.2, 0) is 0 Å².